The number of aromatic nitrogens is 2. The molecule has 3 rings (SSSR count). The Balaban J connectivity index is 1.57. The number of anilines is 2. The number of carbonyl (C=O) groups is 2. The summed E-state index contributed by atoms with van der Waals surface area (Å²) in [7, 11) is 0. The van der Waals surface area contributed by atoms with Gasteiger partial charge in [-0.2, -0.15) is 0 Å². The fourth-order valence-corrected chi connectivity index (χ4v) is 2.62. The summed E-state index contributed by atoms with van der Waals surface area (Å²) in [5.74, 6) is 0.250. The van der Waals surface area contributed by atoms with E-state index in [0.717, 1.165) is 11.3 Å². The average molecular weight is 407 g/mol. The highest BCUT2D eigenvalue weighted by Crippen LogP contribution is 2.19. The lowest BCUT2D eigenvalue weighted by atomic mass is 10.1. The molecule has 2 amide bonds. The van der Waals surface area contributed by atoms with Crippen molar-refractivity contribution in [2.75, 3.05) is 17.7 Å². The predicted molar refractivity (Wildman–Crippen MR) is 115 cm³/mol. The molecule has 0 radical (unpaired) electrons. The number of nitrogen functional groups attached to an aromatic ring is 1. The summed E-state index contributed by atoms with van der Waals surface area (Å²) in [6.45, 7) is 4.62. The number of nitrogens with two attached hydrogens (primary N) is 1. The number of carbonyl (C=O) groups excluding carboxylic acids is 2. The van der Waals surface area contributed by atoms with Crippen LogP contribution in [0, 0.1) is 5.92 Å². The molecule has 8 heteroatoms. The topological polar surface area (TPSA) is 111 Å². The third-order valence-electron chi connectivity index (χ3n) is 4.20. The van der Waals surface area contributed by atoms with E-state index in [1.165, 1.54) is 0 Å². The number of ether oxygens (including phenoxy) is 1. The van der Waals surface area contributed by atoms with Crippen molar-refractivity contribution in [2.45, 2.75) is 20.4 Å². The van der Waals surface area contributed by atoms with Gasteiger partial charge in [-0.05, 0) is 35.7 Å². The molecule has 0 bridgehead atoms. The molecule has 30 heavy (non-hydrogen) atoms. The molecule has 0 aliphatic heterocycles. The zero-order chi connectivity index (χ0) is 21.5. The third kappa shape index (κ3) is 5.60. The van der Waals surface area contributed by atoms with Crippen LogP contribution in [0.1, 0.15) is 29.8 Å². The number of hydrogen-bond donors (Lipinski definition) is 3. The minimum absolute atomic E-state index is 0.279. The fraction of sp³-hybridized carbons (Fsp3) is 0.227. The molecule has 0 aliphatic rings. The quantitative estimate of drug-likeness (QED) is 0.554. The van der Waals surface area contributed by atoms with Crippen molar-refractivity contribution < 1.29 is 14.3 Å². The second-order valence-electron chi connectivity index (χ2n) is 7.21. The summed E-state index contributed by atoms with van der Waals surface area (Å²) in [6, 6.07) is 16.4. The monoisotopic (exact) mass is 407 g/mol. The van der Waals surface area contributed by atoms with E-state index < -0.39 is 6.09 Å². The normalized spacial score (nSPS) is 10.6. The first-order valence-corrected chi connectivity index (χ1v) is 9.64. The Morgan fingerprint density at radius 2 is 1.80 bits per heavy atom. The summed E-state index contributed by atoms with van der Waals surface area (Å²) >= 11 is 0. The van der Waals surface area contributed by atoms with E-state index in [2.05, 4.69) is 15.7 Å². The Morgan fingerprint density at radius 3 is 2.47 bits per heavy atom. The molecular weight excluding hydrogens is 382 g/mol. The molecule has 0 atom stereocenters. The second kappa shape index (κ2) is 9.60. The van der Waals surface area contributed by atoms with E-state index in [0.29, 0.717) is 30.2 Å². The van der Waals surface area contributed by atoms with Crippen LogP contribution in [0.3, 0.4) is 0 Å². The van der Waals surface area contributed by atoms with Gasteiger partial charge in [0.25, 0.3) is 5.91 Å². The lowest BCUT2D eigenvalue weighted by Gasteiger charge is -2.09. The molecule has 0 spiro atoms. The maximum Gasteiger partial charge on any atom is 0.407 e. The van der Waals surface area contributed by atoms with Gasteiger partial charge in [0.1, 0.15) is 0 Å². The Kier molecular flexibility index (Phi) is 6.69. The summed E-state index contributed by atoms with van der Waals surface area (Å²) in [5, 5.41) is 9.75. The number of nitrogens with one attached hydrogen (secondary N) is 2. The van der Waals surface area contributed by atoms with Crippen LogP contribution in [-0.2, 0) is 11.3 Å². The van der Waals surface area contributed by atoms with Gasteiger partial charge in [0, 0.05) is 12.1 Å². The van der Waals surface area contributed by atoms with Gasteiger partial charge < -0.3 is 21.1 Å². The first kappa shape index (κ1) is 20.9. The molecule has 1 aromatic heterocycles. The first-order valence-electron chi connectivity index (χ1n) is 9.64. The minimum atomic E-state index is -0.463. The van der Waals surface area contributed by atoms with E-state index in [4.69, 9.17) is 10.5 Å². The van der Waals surface area contributed by atoms with Crippen LogP contribution in [0.5, 0.6) is 0 Å². The van der Waals surface area contributed by atoms with Gasteiger partial charge >= 0.3 is 6.09 Å². The van der Waals surface area contributed by atoms with Gasteiger partial charge in [-0.3, -0.25) is 4.79 Å². The van der Waals surface area contributed by atoms with Crippen molar-refractivity contribution in [3.63, 3.8) is 0 Å². The number of benzene rings is 2. The summed E-state index contributed by atoms with van der Waals surface area (Å²) in [5.41, 5.74) is 8.50. The van der Waals surface area contributed by atoms with Crippen molar-refractivity contribution in [1.29, 1.82) is 0 Å². The molecular formula is C22H25N5O3. The number of para-hydroxylation sites is 1. The smallest absolute Gasteiger partial charge is 0.407 e. The van der Waals surface area contributed by atoms with Crippen LogP contribution in [0.25, 0.3) is 5.69 Å². The Morgan fingerprint density at radius 1 is 1.10 bits per heavy atom. The van der Waals surface area contributed by atoms with Crippen LogP contribution in [0.4, 0.5) is 16.3 Å². The van der Waals surface area contributed by atoms with Crippen LogP contribution in [-0.4, -0.2) is 28.4 Å². The molecule has 0 aliphatic carbocycles. The third-order valence-corrected chi connectivity index (χ3v) is 4.20. The standard InChI is InChI=1S/C22H25N5O3/c1-15(2)14-30-22(29)24-12-16-8-10-17(11-9-16)21(28)25-20-19(23)13-27(26-20)18-6-4-3-5-7-18/h3-11,13,15H,12,14,23H2,1-2H3,(H,24,29)(H,25,26,28). The van der Waals surface area contributed by atoms with Crippen molar-refractivity contribution in [3.05, 3.63) is 71.9 Å². The van der Waals surface area contributed by atoms with Gasteiger partial charge in [-0.15, -0.1) is 5.10 Å². The molecule has 156 valence electrons. The molecule has 2 aromatic carbocycles. The van der Waals surface area contributed by atoms with E-state index in [9.17, 15) is 9.59 Å². The van der Waals surface area contributed by atoms with Crippen molar-refractivity contribution in [1.82, 2.24) is 15.1 Å². The maximum absolute atomic E-state index is 12.5. The Labute approximate surface area is 175 Å². The van der Waals surface area contributed by atoms with Crippen LogP contribution < -0.4 is 16.4 Å². The number of amides is 2. The molecule has 3 aromatic rings. The zero-order valence-corrected chi connectivity index (χ0v) is 17.0. The lowest BCUT2D eigenvalue weighted by molar-refractivity contribution is 0.102. The number of nitrogens with zero attached hydrogens (tertiary/aromatic N) is 2. The molecule has 4 N–H and O–H groups in total. The van der Waals surface area contributed by atoms with Gasteiger partial charge in [0.2, 0.25) is 0 Å². The number of alkyl carbamates (subject to hydrolysis) is 1. The van der Waals surface area contributed by atoms with E-state index >= 15 is 0 Å². The van der Waals surface area contributed by atoms with E-state index in [-0.39, 0.29) is 11.8 Å². The van der Waals surface area contributed by atoms with E-state index in [1.807, 2.05) is 44.2 Å². The SMILES string of the molecule is CC(C)COC(=O)NCc1ccc(C(=O)Nc2nn(-c3ccccc3)cc2N)cc1. The average Bonchev–Trinajstić information content (AvgIpc) is 3.12. The van der Waals surface area contributed by atoms with E-state index in [1.54, 1.807) is 35.1 Å². The van der Waals surface area contributed by atoms with Crippen molar-refractivity contribution in [2.24, 2.45) is 5.92 Å². The molecule has 0 saturated carbocycles. The largest absolute Gasteiger partial charge is 0.449 e. The Hall–Kier alpha value is -3.81. The maximum atomic E-state index is 12.5. The molecule has 1 heterocycles. The Bertz CT molecular complexity index is 997. The van der Waals surface area contributed by atoms with Gasteiger partial charge in [-0.1, -0.05) is 44.2 Å². The van der Waals surface area contributed by atoms with Crippen LogP contribution in [0.15, 0.2) is 60.8 Å². The van der Waals surface area contributed by atoms with Crippen LogP contribution >= 0.6 is 0 Å². The molecule has 0 saturated heterocycles. The number of hydrogen-bond acceptors (Lipinski definition) is 5. The number of rotatable bonds is 7. The highest BCUT2D eigenvalue weighted by atomic mass is 16.5. The van der Waals surface area contributed by atoms with Gasteiger partial charge in [-0.25, -0.2) is 9.48 Å². The summed E-state index contributed by atoms with van der Waals surface area (Å²) in [4.78, 5) is 24.2. The second-order valence-corrected chi connectivity index (χ2v) is 7.21. The first-order chi connectivity index (χ1) is 14.4. The van der Waals surface area contributed by atoms with Crippen molar-refractivity contribution >= 4 is 23.5 Å². The molecule has 8 nitrogen and oxygen atoms in total. The van der Waals surface area contributed by atoms with Crippen LogP contribution in [0.2, 0.25) is 0 Å². The fourth-order valence-electron chi connectivity index (χ4n) is 2.62. The minimum Gasteiger partial charge on any atom is -0.449 e. The highest BCUT2D eigenvalue weighted by molar-refractivity contribution is 6.05. The molecule has 0 unspecified atom stereocenters. The highest BCUT2D eigenvalue weighted by Gasteiger charge is 2.13. The lowest BCUT2D eigenvalue weighted by Crippen LogP contribution is -2.25. The summed E-state index contributed by atoms with van der Waals surface area (Å²) in [6.07, 6.45) is 1.19. The molecule has 0 fully saturated rings. The van der Waals surface area contributed by atoms with Crippen molar-refractivity contribution in [3.8, 4) is 5.69 Å². The predicted octanol–water partition coefficient (Wildman–Crippen LogP) is 3.59. The zero-order valence-electron chi connectivity index (χ0n) is 17.0. The van der Waals surface area contributed by atoms with Gasteiger partial charge in [0.15, 0.2) is 5.82 Å². The summed E-state index contributed by atoms with van der Waals surface area (Å²) < 4.78 is 6.67. The van der Waals surface area contributed by atoms with Gasteiger partial charge in [0.05, 0.1) is 24.2 Å².